The molecule has 34 heavy (non-hydrogen) atoms. The number of imide groups is 1. The van der Waals surface area contributed by atoms with E-state index in [1.54, 1.807) is 11.0 Å². The van der Waals surface area contributed by atoms with E-state index < -0.39 is 16.2 Å². The summed E-state index contributed by atoms with van der Waals surface area (Å²) in [4.78, 5) is 39.8. The number of hydrogen-bond donors (Lipinski definition) is 2. The molecule has 0 spiro atoms. The van der Waals surface area contributed by atoms with Crippen molar-refractivity contribution in [3.05, 3.63) is 59.7 Å². The highest BCUT2D eigenvalue weighted by atomic mass is 32.2. The van der Waals surface area contributed by atoms with Crippen molar-refractivity contribution in [2.24, 2.45) is 0 Å². The van der Waals surface area contributed by atoms with E-state index in [0.29, 0.717) is 18.5 Å². The van der Waals surface area contributed by atoms with Gasteiger partial charge in [-0.1, -0.05) is 18.2 Å². The summed E-state index contributed by atoms with van der Waals surface area (Å²) < 4.78 is 30.8. The third kappa shape index (κ3) is 5.27. The van der Waals surface area contributed by atoms with Crippen LogP contribution < -0.4 is 15.5 Å². The highest BCUT2D eigenvalue weighted by molar-refractivity contribution is 7.85. The zero-order chi connectivity index (χ0) is 24.3. The van der Waals surface area contributed by atoms with Crippen molar-refractivity contribution in [2.45, 2.75) is 30.3 Å². The number of carbonyl (C=O) groups is 3. The summed E-state index contributed by atoms with van der Waals surface area (Å²) in [7, 11) is -4.25. The summed E-state index contributed by atoms with van der Waals surface area (Å²) >= 11 is 0. The van der Waals surface area contributed by atoms with Crippen molar-refractivity contribution in [2.75, 3.05) is 31.1 Å². The van der Waals surface area contributed by atoms with Gasteiger partial charge in [0.2, 0.25) is 11.8 Å². The van der Waals surface area contributed by atoms with Gasteiger partial charge in [0.1, 0.15) is 16.2 Å². The van der Waals surface area contributed by atoms with Crippen molar-refractivity contribution >= 4 is 33.5 Å². The first-order valence-electron chi connectivity index (χ1n) is 11.1. The second kappa shape index (κ2) is 9.92. The van der Waals surface area contributed by atoms with Crippen LogP contribution in [0.4, 0.5) is 5.69 Å². The molecule has 11 heteroatoms. The number of hydrogen-bond acceptors (Lipinski definition) is 7. The average molecular weight is 487 g/mol. The molecule has 0 aliphatic carbocycles. The van der Waals surface area contributed by atoms with Crippen LogP contribution in [0, 0.1) is 0 Å². The minimum absolute atomic E-state index is 0.113. The number of fused-ring (bicyclic) bond motifs is 1. The molecule has 0 unspecified atom stereocenters. The van der Waals surface area contributed by atoms with Gasteiger partial charge in [-0.25, -0.2) is 8.42 Å². The molecule has 2 fully saturated rings. The standard InChI is InChI=1S/C17H20N4O3.C6H6O3S/c22-15-4-3-14(16(23)19-15)21-10-11-9-12(1-2-13(11)17(21)24)20-7-5-18-6-8-20;7-10(8,9)6-4-2-1-3-5-6/h1-2,9,14,18H,3-8,10H2,(H,19,22,23);1-5H,(H,7,8,9)/t14-;/m0./s1. The second-order valence-corrected chi connectivity index (χ2v) is 9.74. The fraction of sp³-hybridized carbons (Fsp3) is 0.348. The van der Waals surface area contributed by atoms with Gasteiger partial charge in [-0.3, -0.25) is 19.7 Å². The van der Waals surface area contributed by atoms with Crippen LogP contribution in [-0.2, 0) is 26.3 Å². The number of amides is 3. The maximum Gasteiger partial charge on any atom is 0.255 e. The van der Waals surface area contributed by atoms with Gasteiger partial charge in [0.25, 0.3) is 5.91 Å². The molecule has 3 aliphatic heterocycles. The zero-order valence-electron chi connectivity index (χ0n) is 18.5. The summed E-state index contributed by atoms with van der Waals surface area (Å²) in [6.07, 6.45) is 0.686. The number of benzene rings is 2. The van der Waals surface area contributed by atoms with E-state index in [1.807, 2.05) is 12.1 Å². The molecule has 10 nitrogen and oxygen atoms in total. The number of piperazine rings is 1. The third-order valence-electron chi connectivity index (χ3n) is 6.11. The van der Waals surface area contributed by atoms with E-state index in [1.165, 1.54) is 24.3 Å². The van der Waals surface area contributed by atoms with Crippen molar-refractivity contribution in [3.8, 4) is 0 Å². The summed E-state index contributed by atoms with van der Waals surface area (Å²) in [6.45, 7) is 4.61. The molecule has 0 bridgehead atoms. The summed E-state index contributed by atoms with van der Waals surface area (Å²) in [5.41, 5.74) is 2.78. The number of nitrogens with two attached hydrogens (primary N) is 1. The minimum atomic E-state index is -4.25. The number of nitrogens with zero attached hydrogens (tertiary/aromatic N) is 2. The molecule has 5 rings (SSSR count). The highest BCUT2D eigenvalue weighted by Gasteiger charge is 2.39. The predicted molar refractivity (Wildman–Crippen MR) is 121 cm³/mol. The van der Waals surface area contributed by atoms with Gasteiger partial charge in [0, 0.05) is 24.2 Å². The maximum absolute atomic E-state index is 12.7. The fourth-order valence-corrected chi connectivity index (χ4v) is 4.84. The Morgan fingerprint density at radius 1 is 1.00 bits per heavy atom. The van der Waals surface area contributed by atoms with Gasteiger partial charge in [0.05, 0.1) is 31.1 Å². The number of quaternary nitrogens is 1. The molecule has 2 saturated heterocycles. The lowest BCUT2D eigenvalue weighted by Crippen LogP contribution is -2.89. The van der Waals surface area contributed by atoms with Gasteiger partial charge in [-0.05, 0) is 42.3 Å². The van der Waals surface area contributed by atoms with Crippen LogP contribution >= 0.6 is 0 Å². The van der Waals surface area contributed by atoms with E-state index >= 15 is 0 Å². The van der Waals surface area contributed by atoms with Crippen LogP contribution in [0.2, 0.25) is 0 Å². The van der Waals surface area contributed by atoms with E-state index in [4.69, 9.17) is 0 Å². The van der Waals surface area contributed by atoms with E-state index in [9.17, 15) is 27.4 Å². The van der Waals surface area contributed by atoms with Crippen molar-refractivity contribution in [1.29, 1.82) is 0 Å². The number of piperidine rings is 1. The molecule has 2 aromatic rings. The Morgan fingerprint density at radius 3 is 2.32 bits per heavy atom. The maximum atomic E-state index is 12.7. The van der Waals surface area contributed by atoms with Gasteiger partial charge in [0.15, 0.2) is 0 Å². The molecule has 3 N–H and O–H groups in total. The van der Waals surface area contributed by atoms with Gasteiger partial charge in [-0.15, -0.1) is 0 Å². The highest BCUT2D eigenvalue weighted by Crippen LogP contribution is 2.30. The monoisotopic (exact) mass is 486 g/mol. The van der Waals surface area contributed by atoms with Crippen LogP contribution in [0.5, 0.6) is 0 Å². The lowest BCUT2D eigenvalue weighted by atomic mass is 10.0. The number of nitrogens with one attached hydrogen (secondary N) is 1. The molecule has 0 saturated carbocycles. The van der Waals surface area contributed by atoms with Crippen LogP contribution in [-0.4, -0.2) is 67.8 Å². The first kappa shape index (κ1) is 23.9. The number of anilines is 1. The van der Waals surface area contributed by atoms with Crippen molar-refractivity contribution in [1.82, 2.24) is 10.2 Å². The predicted octanol–water partition coefficient (Wildman–Crippen LogP) is -0.578. The Labute approximate surface area is 197 Å². The zero-order valence-corrected chi connectivity index (χ0v) is 19.3. The molecule has 3 amide bonds. The Kier molecular flexibility index (Phi) is 6.96. The number of rotatable bonds is 3. The van der Waals surface area contributed by atoms with Crippen LogP contribution in [0.25, 0.3) is 0 Å². The molecule has 180 valence electrons. The molecule has 0 aromatic heterocycles. The van der Waals surface area contributed by atoms with Crippen molar-refractivity contribution < 1.29 is 32.7 Å². The molecular formula is C23H26N4O6S. The summed E-state index contributed by atoms with van der Waals surface area (Å²) in [5.74, 6) is -0.734. The Morgan fingerprint density at radius 2 is 1.71 bits per heavy atom. The quantitative estimate of drug-likeness (QED) is 0.436. The fourth-order valence-electron chi connectivity index (χ4n) is 4.35. The molecule has 0 radical (unpaired) electrons. The lowest BCUT2D eigenvalue weighted by Gasteiger charge is -2.29. The minimum Gasteiger partial charge on any atom is -0.744 e. The van der Waals surface area contributed by atoms with Crippen molar-refractivity contribution in [3.63, 3.8) is 0 Å². The normalized spacial score (nSPS) is 20.4. The summed E-state index contributed by atoms with van der Waals surface area (Å²) in [5, 5.41) is 4.64. The van der Waals surface area contributed by atoms with E-state index in [2.05, 4.69) is 21.6 Å². The molecule has 2 aromatic carbocycles. The molecule has 3 aliphatic rings. The van der Waals surface area contributed by atoms with Crippen LogP contribution in [0.3, 0.4) is 0 Å². The Bertz CT molecular complexity index is 1200. The average Bonchev–Trinajstić information content (AvgIpc) is 3.15. The van der Waals surface area contributed by atoms with E-state index in [0.717, 1.165) is 37.4 Å². The molecule has 1 atom stereocenters. The Balaban J connectivity index is 0.000000231. The first-order valence-corrected chi connectivity index (χ1v) is 12.5. The van der Waals surface area contributed by atoms with Gasteiger partial charge < -0.3 is 19.7 Å². The SMILES string of the molecule is O=C1CC[C@H](N2Cc3cc(N4CC[NH2+]CC4)ccc3C2=O)C(=O)N1.O=S(=O)([O-])c1ccccc1. The number of carbonyl (C=O) groups excluding carboxylic acids is 3. The van der Waals surface area contributed by atoms with Crippen LogP contribution in [0.1, 0.15) is 28.8 Å². The molecular weight excluding hydrogens is 460 g/mol. The Hall–Kier alpha value is -3.28. The largest absolute Gasteiger partial charge is 0.744 e. The van der Waals surface area contributed by atoms with Crippen LogP contribution in [0.15, 0.2) is 53.4 Å². The second-order valence-electron chi connectivity index (χ2n) is 8.36. The topological polar surface area (TPSA) is 144 Å². The van der Waals surface area contributed by atoms with Gasteiger partial charge in [-0.2, -0.15) is 0 Å². The van der Waals surface area contributed by atoms with E-state index in [-0.39, 0.29) is 29.0 Å². The lowest BCUT2D eigenvalue weighted by molar-refractivity contribution is -0.655. The first-order chi connectivity index (χ1) is 16.2. The smallest absolute Gasteiger partial charge is 0.255 e. The summed E-state index contributed by atoms with van der Waals surface area (Å²) in [6, 6.07) is 12.6. The third-order valence-corrected chi connectivity index (χ3v) is 6.96. The van der Waals surface area contributed by atoms with Gasteiger partial charge >= 0.3 is 0 Å². The molecule has 3 heterocycles.